The fourth-order valence-corrected chi connectivity index (χ4v) is 3.10. The molecule has 5 nitrogen and oxygen atoms in total. The summed E-state index contributed by atoms with van der Waals surface area (Å²) < 4.78 is 12.4. The molecule has 0 unspecified atom stereocenters. The van der Waals surface area contributed by atoms with Gasteiger partial charge >= 0.3 is 5.76 Å². The van der Waals surface area contributed by atoms with Crippen molar-refractivity contribution < 1.29 is 9.15 Å². The third-order valence-corrected chi connectivity index (χ3v) is 4.69. The van der Waals surface area contributed by atoms with Crippen molar-refractivity contribution in [2.75, 3.05) is 6.61 Å². The average molecular weight is 338 g/mol. The first-order chi connectivity index (χ1) is 12.2. The average Bonchev–Trinajstić information content (AvgIpc) is 3.37. The van der Waals surface area contributed by atoms with Gasteiger partial charge in [0.1, 0.15) is 0 Å². The predicted octanol–water partition coefficient (Wildman–Crippen LogP) is 3.01. The van der Waals surface area contributed by atoms with E-state index >= 15 is 0 Å². The van der Waals surface area contributed by atoms with Crippen LogP contribution < -0.4 is 5.76 Å². The Kier molecular flexibility index (Phi) is 4.46. The van der Waals surface area contributed by atoms with Crippen molar-refractivity contribution in [3.63, 3.8) is 0 Å². The van der Waals surface area contributed by atoms with Crippen molar-refractivity contribution in [1.82, 2.24) is 9.78 Å². The van der Waals surface area contributed by atoms with Crippen LogP contribution in [0.15, 0.2) is 27.4 Å². The highest BCUT2D eigenvalue weighted by molar-refractivity contribution is 5.47. The molecular weight excluding hydrogens is 316 g/mol. The molecule has 0 spiro atoms. The molecule has 2 heterocycles. The second-order valence-electron chi connectivity index (χ2n) is 6.91. The van der Waals surface area contributed by atoms with Gasteiger partial charge in [0.05, 0.1) is 18.2 Å². The van der Waals surface area contributed by atoms with Crippen LogP contribution in [0.4, 0.5) is 0 Å². The van der Waals surface area contributed by atoms with Crippen molar-refractivity contribution >= 4 is 0 Å². The SMILES string of the molecule is Cc1cc(C#CC2CC2)ccc1-n1nc(C[C@H]2CCCCO2)oc1=O. The Labute approximate surface area is 147 Å². The standard InChI is InChI=1S/C20H22N2O3/c1-14-12-16(8-7-15-5-6-15)9-10-18(14)22-20(23)25-19(21-22)13-17-4-2-3-11-24-17/h9-10,12,15,17H,2-6,11,13H2,1H3/t17-/m1/s1. The number of benzene rings is 1. The molecule has 1 aromatic carbocycles. The molecule has 1 saturated carbocycles. The number of hydrogen-bond donors (Lipinski definition) is 0. The van der Waals surface area contributed by atoms with E-state index in [4.69, 9.17) is 9.15 Å². The first-order valence-corrected chi connectivity index (χ1v) is 9.02. The van der Waals surface area contributed by atoms with E-state index in [1.165, 1.54) is 17.5 Å². The van der Waals surface area contributed by atoms with Gasteiger partial charge < -0.3 is 9.15 Å². The molecule has 5 heteroatoms. The third-order valence-electron chi connectivity index (χ3n) is 4.69. The van der Waals surface area contributed by atoms with E-state index in [1.807, 2.05) is 25.1 Å². The Hall–Kier alpha value is -2.32. The van der Waals surface area contributed by atoms with Gasteiger partial charge in [-0.05, 0) is 62.8 Å². The summed E-state index contributed by atoms with van der Waals surface area (Å²) >= 11 is 0. The summed E-state index contributed by atoms with van der Waals surface area (Å²) in [5.41, 5.74) is 2.67. The van der Waals surface area contributed by atoms with Crippen LogP contribution in [0.1, 0.15) is 49.1 Å². The van der Waals surface area contributed by atoms with E-state index in [0.29, 0.717) is 18.2 Å². The van der Waals surface area contributed by atoms with Crippen molar-refractivity contribution in [2.45, 2.75) is 51.6 Å². The maximum atomic E-state index is 12.2. The summed E-state index contributed by atoms with van der Waals surface area (Å²) in [7, 11) is 0. The minimum atomic E-state index is -0.453. The maximum absolute atomic E-state index is 12.2. The van der Waals surface area contributed by atoms with Gasteiger partial charge in [0, 0.05) is 18.1 Å². The number of aryl methyl sites for hydroxylation is 1. The van der Waals surface area contributed by atoms with Crippen LogP contribution in [-0.4, -0.2) is 22.5 Å². The molecule has 0 amide bonds. The summed E-state index contributed by atoms with van der Waals surface area (Å²) in [6, 6.07) is 5.82. The van der Waals surface area contributed by atoms with E-state index in [2.05, 4.69) is 16.9 Å². The smallest absolute Gasteiger partial charge is 0.392 e. The molecule has 130 valence electrons. The lowest BCUT2D eigenvalue weighted by atomic mass is 10.1. The van der Waals surface area contributed by atoms with Gasteiger partial charge in [-0.2, -0.15) is 4.68 Å². The van der Waals surface area contributed by atoms with Gasteiger partial charge in [-0.1, -0.05) is 11.8 Å². The van der Waals surface area contributed by atoms with Crippen LogP contribution in [0.3, 0.4) is 0 Å². The summed E-state index contributed by atoms with van der Waals surface area (Å²) in [5, 5.41) is 4.37. The molecule has 2 fully saturated rings. The summed E-state index contributed by atoms with van der Waals surface area (Å²) in [6.45, 7) is 2.74. The Morgan fingerprint density at radius 1 is 1.28 bits per heavy atom. The molecule has 1 saturated heterocycles. The van der Waals surface area contributed by atoms with Gasteiger partial charge in [-0.25, -0.2) is 4.79 Å². The fraction of sp³-hybridized carbons (Fsp3) is 0.500. The maximum Gasteiger partial charge on any atom is 0.441 e. The minimum absolute atomic E-state index is 0.0985. The Morgan fingerprint density at radius 3 is 2.88 bits per heavy atom. The number of ether oxygens (including phenoxy) is 1. The van der Waals surface area contributed by atoms with Crippen molar-refractivity contribution in [3.8, 4) is 17.5 Å². The van der Waals surface area contributed by atoms with Crippen molar-refractivity contribution in [1.29, 1.82) is 0 Å². The van der Waals surface area contributed by atoms with E-state index in [0.717, 1.165) is 42.7 Å². The lowest BCUT2D eigenvalue weighted by Gasteiger charge is -2.20. The Morgan fingerprint density at radius 2 is 2.16 bits per heavy atom. The first-order valence-electron chi connectivity index (χ1n) is 9.02. The van der Waals surface area contributed by atoms with E-state index in [1.54, 1.807) is 0 Å². The lowest BCUT2D eigenvalue weighted by Crippen LogP contribution is -2.21. The molecule has 1 atom stereocenters. The molecular formula is C20H22N2O3. The molecule has 25 heavy (non-hydrogen) atoms. The van der Waals surface area contributed by atoms with Gasteiger partial charge in [0.15, 0.2) is 0 Å². The van der Waals surface area contributed by atoms with Gasteiger partial charge in [0.2, 0.25) is 5.89 Å². The van der Waals surface area contributed by atoms with Crippen LogP contribution in [0, 0.1) is 24.7 Å². The minimum Gasteiger partial charge on any atom is -0.392 e. The highest BCUT2D eigenvalue weighted by Crippen LogP contribution is 2.27. The number of hydrogen-bond acceptors (Lipinski definition) is 4. The lowest BCUT2D eigenvalue weighted by molar-refractivity contribution is 0.0130. The Balaban J connectivity index is 1.54. The number of nitrogens with zero attached hydrogens (tertiary/aromatic N) is 2. The third kappa shape index (κ3) is 3.85. The van der Waals surface area contributed by atoms with Crippen LogP contribution >= 0.6 is 0 Å². The quantitative estimate of drug-likeness (QED) is 0.807. The highest BCUT2D eigenvalue weighted by atomic mass is 16.5. The fourth-order valence-electron chi connectivity index (χ4n) is 3.10. The normalized spacial score (nSPS) is 20.1. The molecule has 0 radical (unpaired) electrons. The van der Waals surface area contributed by atoms with E-state index in [-0.39, 0.29) is 6.10 Å². The second kappa shape index (κ2) is 6.89. The molecule has 0 bridgehead atoms. The largest absolute Gasteiger partial charge is 0.441 e. The van der Waals surface area contributed by atoms with Gasteiger partial charge in [0.25, 0.3) is 0 Å². The zero-order valence-corrected chi connectivity index (χ0v) is 14.5. The monoisotopic (exact) mass is 338 g/mol. The van der Waals surface area contributed by atoms with Gasteiger partial charge in [-0.3, -0.25) is 0 Å². The molecule has 1 aromatic heterocycles. The zero-order chi connectivity index (χ0) is 17.2. The second-order valence-corrected chi connectivity index (χ2v) is 6.91. The molecule has 4 rings (SSSR count). The highest BCUT2D eigenvalue weighted by Gasteiger charge is 2.20. The predicted molar refractivity (Wildman–Crippen MR) is 93.7 cm³/mol. The van der Waals surface area contributed by atoms with Crippen LogP contribution in [0.5, 0.6) is 0 Å². The molecule has 1 aliphatic heterocycles. The Bertz CT molecular complexity index is 874. The van der Waals surface area contributed by atoms with Crippen LogP contribution in [0.2, 0.25) is 0 Å². The summed E-state index contributed by atoms with van der Waals surface area (Å²) in [6.07, 6.45) is 6.32. The topological polar surface area (TPSA) is 57.3 Å². The number of rotatable bonds is 3. The molecule has 0 N–H and O–H groups in total. The van der Waals surface area contributed by atoms with E-state index < -0.39 is 5.76 Å². The number of aromatic nitrogens is 2. The summed E-state index contributed by atoms with van der Waals surface area (Å²) in [4.78, 5) is 12.2. The molecule has 2 aliphatic rings. The summed E-state index contributed by atoms with van der Waals surface area (Å²) in [5.74, 6) is 7.01. The molecule has 1 aliphatic carbocycles. The first kappa shape index (κ1) is 16.2. The van der Waals surface area contributed by atoms with Gasteiger partial charge in [-0.15, -0.1) is 5.10 Å². The van der Waals surface area contributed by atoms with Crippen LogP contribution in [-0.2, 0) is 11.2 Å². The van der Waals surface area contributed by atoms with E-state index in [9.17, 15) is 4.79 Å². The zero-order valence-electron chi connectivity index (χ0n) is 14.5. The van der Waals surface area contributed by atoms with Crippen molar-refractivity contribution in [3.05, 3.63) is 45.8 Å². The van der Waals surface area contributed by atoms with Crippen LogP contribution in [0.25, 0.3) is 5.69 Å². The van der Waals surface area contributed by atoms with Crippen molar-refractivity contribution in [2.24, 2.45) is 5.92 Å². The molecule has 2 aromatic rings.